The molecule has 130 valence electrons. The van der Waals surface area contributed by atoms with Gasteiger partial charge in [0.2, 0.25) is 5.95 Å². The lowest BCUT2D eigenvalue weighted by molar-refractivity contribution is 0.102. The number of nitrogens with zero attached hydrogens (tertiary/aromatic N) is 5. The number of nitrogens with one attached hydrogen (secondary N) is 1. The van der Waals surface area contributed by atoms with Crippen LogP contribution in [0.2, 0.25) is 5.02 Å². The van der Waals surface area contributed by atoms with Crippen molar-refractivity contribution in [2.24, 2.45) is 0 Å². The molecule has 0 aliphatic heterocycles. The zero-order chi connectivity index (χ0) is 18.0. The molecule has 3 aromatic rings. The molecule has 0 atom stereocenters. The first-order valence-corrected chi connectivity index (χ1v) is 8.51. The minimum absolute atomic E-state index is 0.140. The first kappa shape index (κ1) is 17.6. The Kier molecular flexibility index (Phi) is 5.14. The summed E-state index contributed by atoms with van der Waals surface area (Å²) < 4.78 is 16.8. The summed E-state index contributed by atoms with van der Waals surface area (Å²) in [5, 5.41) is 11.2. The summed E-state index contributed by atoms with van der Waals surface area (Å²) in [6, 6.07) is 4.13. The summed E-state index contributed by atoms with van der Waals surface area (Å²) in [4.78, 5) is 16.3. The van der Waals surface area contributed by atoms with E-state index in [1.54, 1.807) is 16.9 Å². The highest BCUT2D eigenvalue weighted by molar-refractivity contribution is 9.10. The number of aryl methyl sites for hydroxylation is 1. The number of rotatable bonds is 5. The van der Waals surface area contributed by atoms with E-state index in [9.17, 15) is 9.18 Å². The molecular formula is C15H13BrClFN6O. The van der Waals surface area contributed by atoms with Crippen molar-refractivity contribution in [1.82, 2.24) is 24.5 Å². The second kappa shape index (κ2) is 7.32. The van der Waals surface area contributed by atoms with Gasteiger partial charge in [-0.3, -0.25) is 14.8 Å². The van der Waals surface area contributed by atoms with Crippen LogP contribution >= 0.6 is 27.5 Å². The van der Waals surface area contributed by atoms with Crippen LogP contribution in [0.3, 0.4) is 0 Å². The van der Waals surface area contributed by atoms with Crippen molar-refractivity contribution in [2.75, 3.05) is 5.32 Å². The molecule has 2 heterocycles. The van der Waals surface area contributed by atoms with Crippen LogP contribution in [0, 0.1) is 5.82 Å². The highest BCUT2D eigenvalue weighted by atomic mass is 79.9. The Hall–Kier alpha value is -2.26. The van der Waals surface area contributed by atoms with E-state index < -0.39 is 11.7 Å². The average Bonchev–Trinajstić information content (AvgIpc) is 3.16. The van der Waals surface area contributed by atoms with E-state index in [0.29, 0.717) is 28.1 Å². The van der Waals surface area contributed by atoms with Crippen LogP contribution in [-0.2, 0) is 13.1 Å². The van der Waals surface area contributed by atoms with Crippen LogP contribution in [0.25, 0.3) is 0 Å². The molecule has 0 saturated carbocycles. The lowest BCUT2D eigenvalue weighted by Gasteiger charge is -2.04. The van der Waals surface area contributed by atoms with E-state index in [1.807, 2.05) is 6.92 Å². The number of carbonyl (C=O) groups excluding carboxylic acids is 1. The Morgan fingerprint density at radius 1 is 1.36 bits per heavy atom. The van der Waals surface area contributed by atoms with Crippen molar-refractivity contribution in [3.63, 3.8) is 0 Å². The molecule has 1 aromatic carbocycles. The van der Waals surface area contributed by atoms with Gasteiger partial charge in [0, 0.05) is 17.8 Å². The van der Waals surface area contributed by atoms with Crippen LogP contribution < -0.4 is 5.32 Å². The molecular weight excluding hydrogens is 415 g/mol. The molecule has 1 N–H and O–H groups in total. The topological polar surface area (TPSA) is 77.6 Å². The third-order valence-electron chi connectivity index (χ3n) is 3.37. The third kappa shape index (κ3) is 4.05. The summed E-state index contributed by atoms with van der Waals surface area (Å²) in [6.45, 7) is 2.87. The van der Waals surface area contributed by atoms with E-state index in [4.69, 9.17) is 11.6 Å². The van der Waals surface area contributed by atoms with Gasteiger partial charge >= 0.3 is 0 Å². The van der Waals surface area contributed by atoms with Crippen LogP contribution in [0.5, 0.6) is 0 Å². The first-order valence-electron chi connectivity index (χ1n) is 7.34. The lowest BCUT2D eigenvalue weighted by atomic mass is 10.2. The summed E-state index contributed by atoms with van der Waals surface area (Å²) in [5.41, 5.74) is 0.940. The lowest BCUT2D eigenvalue weighted by Crippen LogP contribution is -2.15. The second-order valence-electron chi connectivity index (χ2n) is 5.14. The molecule has 0 bridgehead atoms. The minimum Gasteiger partial charge on any atom is -0.288 e. The number of hydrogen-bond donors (Lipinski definition) is 1. The number of anilines is 1. The molecule has 0 spiro atoms. The van der Waals surface area contributed by atoms with Gasteiger partial charge in [-0.25, -0.2) is 14.1 Å². The molecule has 0 unspecified atom stereocenters. The fourth-order valence-corrected chi connectivity index (χ4v) is 2.85. The summed E-state index contributed by atoms with van der Waals surface area (Å²) in [5.74, 6) is -0.685. The second-order valence-corrected chi connectivity index (χ2v) is 6.40. The fraction of sp³-hybridized carbons (Fsp3) is 0.200. The Morgan fingerprint density at radius 3 is 2.84 bits per heavy atom. The largest absolute Gasteiger partial charge is 0.288 e. The first-order chi connectivity index (χ1) is 12.0. The maximum Gasteiger partial charge on any atom is 0.279 e. The van der Waals surface area contributed by atoms with Crippen molar-refractivity contribution >= 4 is 39.4 Å². The monoisotopic (exact) mass is 426 g/mol. The number of hydrogen-bond acceptors (Lipinski definition) is 4. The summed E-state index contributed by atoms with van der Waals surface area (Å²) in [6.07, 6.45) is 3.17. The predicted octanol–water partition coefficient (Wildman–Crippen LogP) is 3.35. The quantitative estimate of drug-likeness (QED) is 0.677. The maximum absolute atomic E-state index is 13.1. The van der Waals surface area contributed by atoms with Gasteiger partial charge in [0.1, 0.15) is 12.1 Å². The van der Waals surface area contributed by atoms with E-state index in [1.165, 1.54) is 23.1 Å². The number of benzene rings is 1. The van der Waals surface area contributed by atoms with Crippen molar-refractivity contribution in [1.29, 1.82) is 0 Å². The number of aromatic nitrogens is 5. The molecule has 0 aliphatic carbocycles. The van der Waals surface area contributed by atoms with Crippen LogP contribution in [0.1, 0.15) is 23.0 Å². The van der Waals surface area contributed by atoms with Crippen molar-refractivity contribution < 1.29 is 9.18 Å². The Morgan fingerprint density at radius 2 is 2.16 bits per heavy atom. The molecule has 0 aliphatic rings. The Labute approximate surface area is 155 Å². The highest BCUT2D eigenvalue weighted by Crippen LogP contribution is 2.19. The zero-order valence-corrected chi connectivity index (χ0v) is 15.4. The van der Waals surface area contributed by atoms with Crippen LogP contribution in [0.15, 0.2) is 35.2 Å². The third-order valence-corrected chi connectivity index (χ3v) is 4.30. The Balaban J connectivity index is 1.70. The van der Waals surface area contributed by atoms with Gasteiger partial charge in [0.15, 0.2) is 5.69 Å². The Bertz CT molecular complexity index is 925. The normalized spacial score (nSPS) is 10.9. The molecule has 7 nitrogen and oxygen atoms in total. The number of amides is 1. The molecule has 0 fully saturated rings. The molecule has 10 heteroatoms. The summed E-state index contributed by atoms with van der Waals surface area (Å²) >= 11 is 9.30. The molecule has 2 aromatic heterocycles. The average molecular weight is 428 g/mol. The van der Waals surface area contributed by atoms with Crippen molar-refractivity contribution in [3.05, 3.63) is 57.3 Å². The maximum atomic E-state index is 13.1. The van der Waals surface area contributed by atoms with Crippen molar-refractivity contribution in [2.45, 2.75) is 20.0 Å². The van der Waals surface area contributed by atoms with Gasteiger partial charge in [0.05, 0.1) is 11.0 Å². The molecule has 0 saturated heterocycles. The smallest absolute Gasteiger partial charge is 0.279 e. The molecule has 1 amide bonds. The highest BCUT2D eigenvalue weighted by Gasteiger charge is 2.17. The van der Waals surface area contributed by atoms with Crippen LogP contribution in [0.4, 0.5) is 10.3 Å². The van der Waals surface area contributed by atoms with Gasteiger partial charge in [-0.15, -0.1) is 5.10 Å². The van der Waals surface area contributed by atoms with E-state index in [-0.39, 0.29) is 11.6 Å². The molecule has 25 heavy (non-hydrogen) atoms. The van der Waals surface area contributed by atoms with Gasteiger partial charge in [-0.2, -0.15) is 5.10 Å². The molecule has 0 radical (unpaired) electrons. The molecule has 3 rings (SSSR count). The standard InChI is InChI=1S/C15H13BrClFN6O/c1-2-23-7-11(16)13(21-23)14(25)20-15-19-8-24(22-15)6-9-3-4-10(18)5-12(9)17/h3-5,7-8H,2,6H2,1H3,(H,20,22,25). The summed E-state index contributed by atoms with van der Waals surface area (Å²) in [7, 11) is 0. The van der Waals surface area contributed by atoms with E-state index >= 15 is 0 Å². The van der Waals surface area contributed by atoms with E-state index in [2.05, 4.69) is 36.4 Å². The van der Waals surface area contributed by atoms with Crippen molar-refractivity contribution in [3.8, 4) is 0 Å². The predicted molar refractivity (Wildman–Crippen MR) is 94.1 cm³/mol. The zero-order valence-electron chi connectivity index (χ0n) is 13.1. The van der Waals surface area contributed by atoms with Gasteiger partial charge in [0.25, 0.3) is 5.91 Å². The van der Waals surface area contributed by atoms with Gasteiger partial charge < -0.3 is 0 Å². The SMILES string of the molecule is CCn1cc(Br)c(C(=O)Nc2ncn(Cc3ccc(F)cc3Cl)n2)n1. The van der Waals surface area contributed by atoms with E-state index in [0.717, 1.165) is 0 Å². The van der Waals surface area contributed by atoms with Crippen LogP contribution in [-0.4, -0.2) is 30.5 Å². The number of halogens is 3. The number of carbonyl (C=O) groups is 1. The fourth-order valence-electron chi connectivity index (χ4n) is 2.13. The van der Waals surface area contributed by atoms with Gasteiger partial charge in [-0.1, -0.05) is 17.7 Å². The van der Waals surface area contributed by atoms with Gasteiger partial charge in [-0.05, 0) is 40.5 Å². The minimum atomic E-state index is -0.420.